The maximum Gasteiger partial charge on any atom is 0.258 e. The molecule has 0 fully saturated rings. The fraction of sp³-hybridized carbons (Fsp3) is 0.125. The van der Waals surface area contributed by atoms with Gasteiger partial charge in [0.05, 0.1) is 11.6 Å². The fourth-order valence-electron chi connectivity index (χ4n) is 1.72. The van der Waals surface area contributed by atoms with Crippen LogP contribution in [0.15, 0.2) is 48.5 Å². The molecule has 0 saturated carbocycles. The van der Waals surface area contributed by atoms with Crippen LogP contribution in [-0.4, -0.2) is 12.5 Å². The highest BCUT2D eigenvalue weighted by molar-refractivity contribution is 5.77. The molecule has 1 amide bonds. The standard InChI is InChI=1S/C16H15N3O2/c17-9-12-2-1-3-13(8-12)10-19-16(20)11-21-15-6-4-14(18)5-7-15/h1-8H,10-11,18H2,(H,19,20). The van der Waals surface area contributed by atoms with E-state index in [9.17, 15) is 4.79 Å². The van der Waals surface area contributed by atoms with Crippen molar-refractivity contribution in [3.05, 3.63) is 59.7 Å². The number of nitriles is 1. The molecule has 2 aromatic rings. The second-order valence-corrected chi connectivity index (χ2v) is 4.45. The average Bonchev–Trinajstić information content (AvgIpc) is 2.52. The highest BCUT2D eigenvalue weighted by atomic mass is 16.5. The molecule has 0 bridgehead atoms. The van der Waals surface area contributed by atoms with E-state index in [-0.39, 0.29) is 12.5 Å². The largest absolute Gasteiger partial charge is 0.484 e. The van der Waals surface area contributed by atoms with Gasteiger partial charge in [-0.05, 0) is 42.0 Å². The molecule has 5 nitrogen and oxygen atoms in total. The summed E-state index contributed by atoms with van der Waals surface area (Å²) < 4.78 is 5.34. The molecule has 0 aliphatic rings. The zero-order valence-corrected chi connectivity index (χ0v) is 11.4. The molecule has 0 heterocycles. The van der Waals surface area contributed by atoms with Crippen molar-refractivity contribution in [1.82, 2.24) is 5.32 Å². The summed E-state index contributed by atoms with van der Waals surface area (Å²) in [5.74, 6) is 0.361. The van der Waals surface area contributed by atoms with Crippen LogP contribution in [0.1, 0.15) is 11.1 Å². The predicted molar refractivity (Wildman–Crippen MR) is 79.4 cm³/mol. The van der Waals surface area contributed by atoms with Crippen LogP contribution in [0.25, 0.3) is 0 Å². The zero-order valence-electron chi connectivity index (χ0n) is 11.4. The first-order valence-corrected chi connectivity index (χ1v) is 6.41. The molecule has 106 valence electrons. The quantitative estimate of drug-likeness (QED) is 0.818. The molecular formula is C16H15N3O2. The summed E-state index contributed by atoms with van der Waals surface area (Å²) in [6.45, 7) is 0.293. The maximum atomic E-state index is 11.7. The number of nitrogens with one attached hydrogen (secondary N) is 1. The van der Waals surface area contributed by atoms with E-state index in [1.54, 1.807) is 42.5 Å². The van der Waals surface area contributed by atoms with E-state index >= 15 is 0 Å². The second kappa shape index (κ2) is 6.96. The molecule has 0 aliphatic carbocycles. The molecule has 3 N–H and O–H groups in total. The van der Waals surface area contributed by atoms with Gasteiger partial charge in [0.25, 0.3) is 5.91 Å². The van der Waals surface area contributed by atoms with Crippen molar-refractivity contribution in [3.63, 3.8) is 0 Å². The number of anilines is 1. The number of hydrogen-bond acceptors (Lipinski definition) is 4. The third-order valence-electron chi connectivity index (χ3n) is 2.80. The van der Waals surface area contributed by atoms with Crippen molar-refractivity contribution in [2.45, 2.75) is 6.54 Å². The van der Waals surface area contributed by atoms with Gasteiger partial charge in [-0.1, -0.05) is 12.1 Å². The van der Waals surface area contributed by atoms with Gasteiger partial charge < -0.3 is 15.8 Å². The van der Waals surface area contributed by atoms with Gasteiger partial charge in [0.15, 0.2) is 6.61 Å². The summed E-state index contributed by atoms with van der Waals surface area (Å²) in [5.41, 5.74) is 7.64. The lowest BCUT2D eigenvalue weighted by atomic mass is 10.1. The lowest BCUT2D eigenvalue weighted by Gasteiger charge is -2.08. The summed E-state index contributed by atoms with van der Waals surface area (Å²) >= 11 is 0. The second-order valence-electron chi connectivity index (χ2n) is 4.45. The molecular weight excluding hydrogens is 266 g/mol. The normalized spacial score (nSPS) is 9.67. The minimum atomic E-state index is -0.228. The van der Waals surface area contributed by atoms with Gasteiger partial charge in [0, 0.05) is 12.2 Å². The first-order chi connectivity index (χ1) is 10.2. The van der Waals surface area contributed by atoms with Gasteiger partial charge in [-0.15, -0.1) is 0 Å². The Morgan fingerprint density at radius 3 is 2.71 bits per heavy atom. The molecule has 5 heteroatoms. The van der Waals surface area contributed by atoms with Crippen LogP contribution in [0.5, 0.6) is 5.75 Å². The smallest absolute Gasteiger partial charge is 0.258 e. The first-order valence-electron chi connectivity index (χ1n) is 6.41. The molecule has 0 radical (unpaired) electrons. The van der Waals surface area contributed by atoms with Gasteiger partial charge in [0.1, 0.15) is 5.75 Å². The van der Waals surface area contributed by atoms with E-state index in [4.69, 9.17) is 15.7 Å². The molecule has 0 aliphatic heterocycles. The average molecular weight is 281 g/mol. The van der Waals surface area contributed by atoms with Crippen LogP contribution >= 0.6 is 0 Å². The van der Waals surface area contributed by atoms with Gasteiger partial charge in [-0.25, -0.2) is 0 Å². The highest BCUT2D eigenvalue weighted by Gasteiger charge is 2.03. The Balaban J connectivity index is 1.79. The van der Waals surface area contributed by atoms with Crippen molar-refractivity contribution in [2.24, 2.45) is 0 Å². The van der Waals surface area contributed by atoms with Crippen LogP contribution in [0.2, 0.25) is 0 Å². The number of carbonyl (C=O) groups excluding carboxylic acids is 1. The van der Waals surface area contributed by atoms with E-state index in [0.717, 1.165) is 5.56 Å². The van der Waals surface area contributed by atoms with Gasteiger partial charge in [-0.2, -0.15) is 5.26 Å². The molecule has 0 aromatic heterocycles. The first kappa shape index (κ1) is 14.4. The number of nitrogens with two attached hydrogens (primary N) is 1. The van der Waals surface area contributed by atoms with Gasteiger partial charge in [0.2, 0.25) is 0 Å². The Hall–Kier alpha value is -3.00. The van der Waals surface area contributed by atoms with Crippen molar-refractivity contribution in [1.29, 1.82) is 5.26 Å². The number of hydrogen-bond donors (Lipinski definition) is 2. The van der Waals surface area contributed by atoms with Crippen LogP contribution in [0, 0.1) is 11.3 Å². The maximum absolute atomic E-state index is 11.7. The Kier molecular flexibility index (Phi) is 4.78. The molecule has 2 rings (SSSR count). The van der Waals surface area contributed by atoms with E-state index in [1.165, 1.54) is 0 Å². The topological polar surface area (TPSA) is 88.1 Å². The number of amides is 1. The Bertz CT molecular complexity index is 660. The molecule has 0 atom stereocenters. The molecule has 0 saturated heterocycles. The minimum Gasteiger partial charge on any atom is -0.484 e. The van der Waals surface area contributed by atoms with Crippen molar-refractivity contribution >= 4 is 11.6 Å². The molecule has 0 unspecified atom stereocenters. The number of nitrogens with zero attached hydrogens (tertiary/aromatic N) is 1. The number of nitrogen functional groups attached to an aromatic ring is 1. The summed E-state index contributed by atoms with van der Waals surface area (Å²) in [4.78, 5) is 11.7. The Morgan fingerprint density at radius 1 is 1.24 bits per heavy atom. The Morgan fingerprint density at radius 2 is 2.00 bits per heavy atom. The summed E-state index contributed by atoms with van der Waals surface area (Å²) in [5, 5.41) is 11.5. The van der Waals surface area contributed by atoms with Crippen molar-refractivity contribution in [2.75, 3.05) is 12.3 Å². The van der Waals surface area contributed by atoms with Crippen LogP contribution < -0.4 is 15.8 Å². The van der Waals surface area contributed by atoms with Crippen LogP contribution in [0.4, 0.5) is 5.69 Å². The number of carbonyl (C=O) groups is 1. The van der Waals surface area contributed by atoms with Crippen LogP contribution in [0.3, 0.4) is 0 Å². The van der Waals surface area contributed by atoms with E-state index in [0.29, 0.717) is 23.5 Å². The summed E-state index contributed by atoms with van der Waals surface area (Å²) in [6, 6.07) is 16.0. The Labute approximate surface area is 123 Å². The molecule has 2 aromatic carbocycles. The van der Waals surface area contributed by atoms with Gasteiger partial charge >= 0.3 is 0 Å². The fourth-order valence-corrected chi connectivity index (χ4v) is 1.72. The summed E-state index contributed by atoms with van der Waals surface area (Å²) in [7, 11) is 0. The van der Waals surface area contributed by atoms with E-state index < -0.39 is 0 Å². The van der Waals surface area contributed by atoms with E-state index in [1.807, 2.05) is 6.07 Å². The lowest BCUT2D eigenvalue weighted by Crippen LogP contribution is -2.28. The zero-order chi connectivity index (χ0) is 15.1. The summed E-state index contributed by atoms with van der Waals surface area (Å²) in [6.07, 6.45) is 0. The highest BCUT2D eigenvalue weighted by Crippen LogP contribution is 2.12. The van der Waals surface area contributed by atoms with Gasteiger partial charge in [-0.3, -0.25) is 4.79 Å². The van der Waals surface area contributed by atoms with E-state index in [2.05, 4.69) is 11.4 Å². The third-order valence-corrected chi connectivity index (χ3v) is 2.80. The number of ether oxygens (including phenoxy) is 1. The van der Waals surface area contributed by atoms with Crippen molar-refractivity contribution in [3.8, 4) is 11.8 Å². The third kappa shape index (κ3) is 4.55. The molecule has 21 heavy (non-hydrogen) atoms. The molecule has 0 spiro atoms. The lowest BCUT2D eigenvalue weighted by molar-refractivity contribution is -0.123. The number of rotatable bonds is 5. The van der Waals surface area contributed by atoms with Crippen LogP contribution in [-0.2, 0) is 11.3 Å². The minimum absolute atomic E-state index is 0.0676. The van der Waals surface area contributed by atoms with Crippen molar-refractivity contribution < 1.29 is 9.53 Å². The SMILES string of the molecule is N#Cc1cccc(CNC(=O)COc2ccc(N)cc2)c1. The number of benzene rings is 2. The predicted octanol–water partition coefficient (Wildman–Crippen LogP) is 1.84. The monoisotopic (exact) mass is 281 g/mol.